The lowest BCUT2D eigenvalue weighted by Gasteiger charge is -2.35. The van der Waals surface area contributed by atoms with Crippen LogP contribution in [0, 0.1) is 10.8 Å². The van der Waals surface area contributed by atoms with Crippen LogP contribution < -0.4 is 4.90 Å². The Morgan fingerprint density at radius 3 is 1.44 bits per heavy atom. The molecule has 0 fully saturated rings. The van der Waals surface area contributed by atoms with E-state index in [2.05, 4.69) is 166 Å². The maximum Gasteiger partial charge on any atom is 0.135 e. The van der Waals surface area contributed by atoms with Gasteiger partial charge in [0.05, 0.1) is 11.4 Å². The molecule has 0 atom stereocenters. The van der Waals surface area contributed by atoms with E-state index in [0.717, 1.165) is 39.9 Å². The number of amidine groups is 1. The largest absolute Gasteiger partial charge is 0.311 e. The number of benzene rings is 5. The van der Waals surface area contributed by atoms with E-state index in [1.165, 1.54) is 11.1 Å². The SMILES string of the molecule is CC1(C)C(=Nc2ccc(-c3ccccc3)cc2)N=C(c2ccc(N(c3ccccc3)c3ccccc3)cc2)C1(C)C. The number of nitrogens with zero attached hydrogens (tertiary/aromatic N) is 3. The summed E-state index contributed by atoms with van der Waals surface area (Å²) in [5, 5.41) is 0. The number of rotatable bonds is 6. The van der Waals surface area contributed by atoms with Gasteiger partial charge in [0.2, 0.25) is 0 Å². The standard InChI is InChI=1S/C38H35N3/c1-37(2)35(40-36(38(37,3)4)39-31-24-20-29(21-25-31)28-14-8-5-9-15-28)30-22-26-34(27-23-30)41(32-16-10-6-11-17-32)33-18-12-7-13-19-33/h5-27H,1-4H3. The first-order valence-corrected chi connectivity index (χ1v) is 14.2. The van der Waals surface area contributed by atoms with Gasteiger partial charge in [-0.3, -0.25) is 0 Å². The van der Waals surface area contributed by atoms with Crippen molar-refractivity contribution in [3.05, 3.63) is 145 Å². The van der Waals surface area contributed by atoms with Crippen LogP contribution >= 0.6 is 0 Å². The molecule has 0 saturated carbocycles. The summed E-state index contributed by atoms with van der Waals surface area (Å²) in [5.41, 5.74) is 8.42. The molecular weight excluding hydrogens is 498 g/mol. The van der Waals surface area contributed by atoms with Crippen LogP contribution in [0.25, 0.3) is 11.1 Å². The van der Waals surface area contributed by atoms with E-state index < -0.39 is 0 Å². The van der Waals surface area contributed by atoms with Crippen molar-refractivity contribution in [2.24, 2.45) is 20.8 Å². The summed E-state index contributed by atoms with van der Waals surface area (Å²) >= 11 is 0. The second-order valence-electron chi connectivity index (χ2n) is 11.6. The summed E-state index contributed by atoms with van der Waals surface area (Å²) in [7, 11) is 0. The van der Waals surface area contributed by atoms with Crippen molar-refractivity contribution in [2.45, 2.75) is 27.7 Å². The lowest BCUT2D eigenvalue weighted by molar-refractivity contribution is 0.299. The fourth-order valence-electron chi connectivity index (χ4n) is 5.40. The molecular formula is C38H35N3. The van der Waals surface area contributed by atoms with E-state index in [1.54, 1.807) is 0 Å². The highest BCUT2D eigenvalue weighted by Crippen LogP contribution is 2.48. The van der Waals surface area contributed by atoms with Crippen molar-refractivity contribution in [3.8, 4) is 11.1 Å². The molecule has 0 saturated heterocycles. The third kappa shape index (κ3) is 5.00. The smallest absolute Gasteiger partial charge is 0.135 e. The van der Waals surface area contributed by atoms with Crippen LogP contribution in [0.3, 0.4) is 0 Å². The molecule has 0 spiro atoms. The minimum Gasteiger partial charge on any atom is -0.311 e. The van der Waals surface area contributed by atoms with Gasteiger partial charge < -0.3 is 4.90 Å². The van der Waals surface area contributed by atoms with Crippen LogP contribution in [0.2, 0.25) is 0 Å². The zero-order valence-electron chi connectivity index (χ0n) is 24.1. The predicted octanol–water partition coefficient (Wildman–Crippen LogP) is 10.4. The molecule has 1 aliphatic rings. The quantitative estimate of drug-likeness (QED) is 0.213. The van der Waals surface area contributed by atoms with E-state index in [1.807, 2.05) is 6.07 Å². The lowest BCUT2D eigenvalue weighted by Crippen LogP contribution is -2.38. The molecule has 0 aliphatic carbocycles. The maximum atomic E-state index is 5.18. The molecule has 0 radical (unpaired) electrons. The van der Waals surface area contributed by atoms with Crippen LogP contribution in [-0.4, -0.2) is 11.5 Å². The van der Waals surface area contributed by atoms with Crippen LogP contribution in [0.1, 0.15) is 33.3 Å². The summed E-state index contributed by atoms with van der Waals surface area (Å²) in [6, 6.07) is 48.6. The van der Waals surface area contributed by atoms with E-state index >= 15 is 0 Å². The lowest BCUT2D eigenvalue weighted by atomic mass is 9.65. The van der Waals surface area contributed by atoms with E-state index in [9.17, 15) is 0 Å². The predicted molar refractivity (Wildman–Crippen MR) is 174 cm³/mol. The molecule has 3 nitrogen and oxygen atoms in total. The summed E-state index contributed by atoms with van der Waals surface area (Å²) in [6.07, 6.45) is 0. The Morgan fingerprint density at radius 2 is 0.902 bits per heavy atom. The number of para-hydroxylation sites is 2. The van der Waals surface area contributed by atoms with Gasteiger partial charge in [-0.05, 0) is 65.2 Å². The van der Waals surface area contributed by atoms with Crippen LogP contribution in [0.15, 0.2) is 150 Å². The molecule has 0 bridgehead atoms. The molecule has 5 aromatic carbocycles. The van der Waals surface area contributed by atoms with Gasteiger partial charge in [-0.2, -0.15) is 0 Å². The maximum absolute atomic E-state index is 5.18. The van der Waals surface area contributed by atoms with Crippen molar-refractivity contribution < 1.29 is 0 Å². The molecule has 41 heavy (non-hydrogen) atoms. The third-order valence-electron chi connectivity index (χ3n) is 8.57. The topological polar surface area (TPSA) is 28.0 Å². The van der Waals surface area contributed by atoms with Gasteiger partial charge in [0.15, 0.2) is 0 Å². The summed E-state index contributed by atoms with van der Waals surface area (Å²) in [5.74, 6) is 0.865. The summed E-state index contributed by atoms with van der Waals surface area (Å²) in [6.45, 7) is 9.06. The minimum atomic E-state index is -0.237. The molecule has 3 heteroatoms. The number of anilines is 3. The Balaban J connectivity index is 1.33. The second-order valence-corrected chi connectivity index (χ2v) is 11.6. The first-order valence-electron chi connectivity index (χ1n) is 14.2. The number of hydrogen-bond acceptors (Lipinski definition) is 2. The van der Waals surface area contributed by atoms with Crippen molar-refractivity contribution >= 4 is 34.3 Å². The zero-order chi connectivity index (χ0) is 28.5. The van der Waals surface area contributed by atoms with Crippen molar-refractivity contribution in [1.29, 1.82) is 0 Å². The fraction of sp³-hybridized carbons (Fsp3) is 0.158. The van der Waals surface area contributed by atoms with Crippen molar-refractivity contribution in [1.82, 2.24) is 0 Å². The molecule has 0 unspecified atom stereocenters. The summed E-state index contributed by atoms with van der Waals surface area (Å²) < 4.78 is 0. The summed E-state index contributed by atoms with van der Waals surface area (Å²) in [4.78, 5) is 12.5. The molecule has 6 rings (SSSR count). The molecule has 1 heterocycles. The molecule has 5 aromatic rings. The Morgan fingerprint density at radius 1 is 0.463 bits per heavy atom. The number of hydrogen-bond donors (Lipinski definition) is 0. The van der Waals surface area contributed by atoms with Gasteiger partial charge >= 0.3 is 0 Å². The molecule has 0 aromatic heterocycles. The third-order valence-corrected chi connectivity index (χ3v) is 8.57. The average molecular weight is 534 g/mol. The fourth-order valence-corrected chi connectivity index (χ4v) is 5.40. The van der Waals surface area contributed by atoms with E-state index in [-0.39, 0.29) is 10.8 Å². The van der Waals surface area contributed by atoms with Gasteiger partial charge in [0.25, 0.3) is 0 Å². The normalized spacial score (nSPS) is 16.4. The molecule has 1 aliphatic heterocycles. The van der Waals surface area contributed by atoms with Crippen molar-refractivity contribution in [2.75, 3.05) is 4.90 Å². The van der Waals surface area contributed by atoms with Gasteiger partial charge in [0, 0.05) is 27.9 Å². The van der Waals surface area contributed by atoms with E-state index in [0.29, 0.717) is 0 Å². The first kappa shape index (κ1) is 26.5. The highest BCUT2D eigenvalue weighted by molar-refractivity contribution is 6.18. The van der Waals surface area contributed by atoms with Gasteiger partial charge in [-0.1, -0.05) is 119 Å². The monoisotopic (exact) mass is 533 g/mol. The minimum absolute atomic E-state index is 0.199. The molecule has 0 N–H and O–H groups in total. The van der Waals surface area contributed by atoms with E-state index in [4.69, 9.17) is 9.98 Å². The molecule has 202 valence electrons. The first-order chi connectivity index (χ1) is 19.8. The number of aliphatic imine (C=N–C) groups is 2. The van der Waals surface area contributed by atoms with Crippen molar-refractivity contribution in [3.63, 3.8) is 0 Å². The Kier molecular flexibility index (Phi) is 6.88. The van der Waals surface area contributed by atoms with Gasteiger partial charge in [-0.25, -0.2) is 9.98 Å². The second kappa shape index (κ2) is 10.7. The average Bonchev–Trinajstić information content (AvgIpc) is 3.18. The van der Waals surface area contributed by atoms with Gasteiger partial charge in [-0.15, -0.1) is 0 Å². The highest BCUT2D eigenvalue weighted by atomic mass is 15.1. The Hall–Kier alpha value is -4.76. The Bertz CT molecular complexity index is 1640. The Labute approximate surface area is 243 Å². The zero-order valence-corrected chi connectivity index (χ0v) is 24.1. The van der Waals surface area contributed by atoms with Crippen LogP contribution in [0.5, 0.6) is 0 Å². The van der Waals surface area contributed by atoms with Crippen LogP contribution in [-0.2, 0) is 0 Å². The van der Waals surface area contributed by atoms with Crippen LogP contribution in [0.4, 0.5) is 22.7 Å². The van der Waals surface area contributed by atoms with Gasteiger partial charge in [0.1, 0.15) is 5.84 Å². The highest BCUT2D eigenvalue weighted by Gasteiger charge is 2.50. The molecule has 0 amide bonds.